The van der Waals surface area contributed by atoms with Crippen LogP contribution in [-0.2, 0) is 4.79 Å². The summed E-state index contributed by atoms with van der Waals surface area (Å²) in [6, 6.07) is 6.08. The summed E-state index contributed by atoms with van der Waals surface area (Å²) in [5, 5.41) is 6.61. The second kappa shape index (κ2) is 9.94. The van der Waals surface area contributed by atoms with Gasteiger partial charge in [-0.3, -0.25) is 4.79 Å². The summed E-state index contributed by atoms with van der Waals surface area (Å²) < 4.78 is 11.5. The highest BCUT2D eigenvalue weighted by molar-refractivity contribution is 6.07. The second-order valence-corrected chi connectivity index (χ2v) is 7.68. The summed E-state index contributed by atoms with van der Waals surface area (Å²) in [5.74, 6) is 2.04. The summed E-state index contributed by atoms with van der Waals surface area (Å²) in [5.41, 5.74) is 2.10. The van der Waals surface area contributed by atoms with E-state index in [-0.39, 0.29) is 17.7 Å². The fourth-order valence-electron chi connectivity index (χ4n) is 4.35. The zero-order valence-corrected chi connectivity index (χ0v) is 17.6. The molecule has 2 atom stereocenters. The molecule has 2 unspecified atom stereocenters. The van der Waals surface area contributed by atoms with E-state index in [1.165, 1.54) is 6.42 Å². The van der Waals surface area contributed by atoms with Gasteiger partial charge in [-0.15, -0.1) is 0 Å². The molecule has 0 aromatic heterocycles. The molecule has 1 aliphatic carbocycles. The van der Waals surface area contributed by atoms with Gasteiger partial charge < -0.3 is 9.47 Å². The Labute approximate surface area is 169 Å². The van der Waals surface area contributed by atoms with Gasteiger partial charge in [-0.2, -0.15) is 5.10 Å². The van der Waals surface area contributed by atoms with Crippen LogP contribution in [-0.4, -0.2) is 36.4 Å². The van der Waals surface area contributed by atoms with E-state index >= 15 is 0 Å². The van der Waals surface area contributed by atoms with Gasteiger partial charge in [0.2, 0.25) is 5.91 Å². The van der Waals surface area contributed by atoms with Gasteiger partial charge in [-0.25, -0.2) is 5.01 Å². The maximum absolute atomic E-state index is 13.0. The Morgan fingerprint density at radius 1 is 1.00 bits per heavy atom. The normalized spacial score (nSPS) is 21.9. The standard InChI is InChI=1S/C23H34N2O3/c1-4-7-10-15-25-23(26)19-12-9-8-11-18(19)22(24-25)17-13-14-20(27-5-2)21(16-17)28-6-3/h13-14,16,18-19H,4-12,15H2,1-3H3. The molecule has 28 heavy (non-hydrogen) atoms. The Bertz CT molecular complexity index is 701. The average Bonchev–Trinajstić information content (AvgIpc) is 2.72. The maximum atomic E-state index is 13.0. The monoisotopic (exact) mass is 386 g/mol. The molecule has 3 rings (SSSR count). The van der Waals surface area contributed by atoms with Crippen LogP contribution in [0, 0.1) is 11.8 Å². The van der Waals surface area contributed by atoms with Crippen LogP contribution in [0.15, 0.2) is 23.3 Å². The molecular weight excluding hydrogens is 352 g/mol. The van der Waals surface area contributed by atoms with E-state index in [1.54, 1.807) is 5.01 Å². The van der Waals surface area contributed by atoms with Gasteiger partial charge in [0.25, 0.3) is 0 Å². The smallest absolute Gasteiger partial charge is 0.246 e. The Morgan fingerprint density at radius 3 is 2.43 bits per heavy atom. The predicted molar refractivity (Wildman–Crippen MR) is 112 cm³/mol. The summed E-state index contributed by atoms with van der Waals surface area (Å²) in [7, 11) is 0. The molecule has 154 valence electrons. The number of amides is 1. The Kier molecular flexibility index (Phi) is 7.35. The molecule has 0 radical (unpaired) electrons. The van der Waals surface area contributed by atoms with E-state index in [4.69, 9.17) is 14.6 Å². The molecule has 1 amide bonds. The number of fused-ring (bicyclic) bond motifs is 1. The number of hydrazone groups is 1. The minimum absolute atomic E-state index is 0.0741. The second-order valence-electron chi connectivity index (χ2n) is 7.68. The van der Waals surface area contributed by atoms with Crippen LogP contribution >= 0.6 is 0 Å². The molecule has 5 nitrogen and oxygen atoms in total. The average molecular weight is 387 g/mol. The number of benzene rings is 1. The zero-order valence-electron chi connectivity index (χ0n) is 17.6. The molecule has 1 heterocycles. The number of hydrogen-bond acceptors (Lipinski definition) is 4. The molecule has 1 fully saturated rings. The first-order valence-corrected chi connectivity index (χ1v) is 11.0. The van der Waals surface area contributed by atoms with Crippen LogP contribution in [0.25, 0.3) is 0 Å². The quantitative estimate of drug-likeness (QED) is 0.560. The topological polar surface area (TPSA) is 51.1 Å². The van der Waals surface area contributed by atoms with Crippen molar-refractivity contribution < 1.29 is 14.3 Å². The molecule has 0 N–H and O–H groups in total. The van der Waals surface area contributed by atoms with E-state index in [0.717, 1.165) is 67.8 Å². The van der Waals surface area contributed by atoms with Crippen LogP contribution in [0.1, 0.15) is 71.3 Å². The third kappa shape index (κ3) is 4.50. The molecular formula is C23H34N2O3. The van der Waals surface area contributed by atoms with Crippen molar-refractivity contribution in [2.24, 2.45) is 16.9 Å². The zero-order chi connectivity index (χ0) is 19.9. The number of unbranched alkanes of at least 4 members (excludes halogenated alkanes) is 2. The van der Waals surface area contributed by atoms with E-state index in [0.29, 0.717) is 13.2 Å². The molecule has 1 saturated carbocycles. The minimum Gasteiger partial charge on any atom is -0.490 e. The number of ether oxygens (including phenoxy) is 2. The number of nitrogens with zero attached hydrogens (tertiary/aromatic N) is 2. The van der Waals surface area contributed by atoms with Gasteiger partial charge in [0, 0.05) is 23.9 Å². The highest BCUT2D eigenvalue weighted by Gasteiger charge is 2.41. The van der Waals surface area contributed by atoms with Gasteiger partial charge in [0.05, 0.1) is 18.9 Å². The lowest BCUT2D eigenvalue weighted by Crippen LogP contribution is -2.46. The lowest BCUT2D eigenvalue weighted by Gasteiger charge is -2.38. The van der Waals surface area contributed by atoms with Crippen molar-refractivity contribution in [3.8, 4) is 11.5 Å². The highest BCUT2D eigenvalue weighted by atomic mass is 16.5. The molecule has 0 spiro atoms. The van der Waals surface area contributed by atoms with Crippen molar-refractivity contribution >= 4 is 11.6 Å². The van der Waals surface area contributed by atoms with Crippen molar-refractivity contribution in [2.45, 2.75) is 65.7 Å². The number of carbonyl (C=O) groups excluding carboxylic acids is 1. The van der Waals surface area contributed by atoms with Crippen LogP contribution in [0.5, 0.6) is 11.5 Å². The van der Waals surface area contributed by atoms with Gasteiger partial charge in [0.15, 0.2) is 11.5 Å². The fourth-order valence-corrected chi connectivity index (χ4v) is 4.35. The molecule has 1 aromatic carbocycles. The maximum Gasteiger partial charge on any atom is 0.246 e. The van der Waals surface area contributed by atoms with Crippen LogP contribution in [0.2, 0.25) is 0 Å². The van der Waals surface area contributed by atoms with Crippen LogP contribution < -0.4 is 9.47 Å². The van der Waals surface area contributed by atoms with E-state index in [2.05, 4.69) is 13.0 Å². The number of hydrogen-bond donors (Lipinski definition) is 0. The Hall–Kier alpha value is -2.04. The highest BCUT2D eigenvalue weighted by Crippen LogP contribution is 2.39. The third-order valence-corrected chi connectivity index (χ3v) is 5.73. The number of rotatable bonds is 9. The van der Waals surface area contributed by atoms with E-state index < -0.39 is 0 Å². The van der Waals surface area contributed by atoms with Crippen molar-refractivity contribution in [1.29, 1.82) is 0 Å². The van der Waals surface area contributed by atoms with Gasteiger partial charge in [-0.1, -0.05) is 32.6 Å². The molecule has 1 aliphatic heterocycles. The first kappa shape index (κ1) is 20.7. The Balaban J connectivity index is 1.94. The van der Waals surface area contributed by atoms with Gasteiger partial charge in [-0.05, 0) is 51.3 Å². The Morgan fingerprint density at radius 2 is 1.71 bits per heavy atom. The lowest BCUT2D eigenvalue weighted by atomic mass is 9.73. The molecule has 2 aliphatic rings. The minimum atomic E-state index is 0.0741. The molecule has 0 saturated heterocycles. The largest absolute Gasteiger partial charge is 0.490 e. The molecule has 1 aromatic rings. The fraction of sp³-hybridized carbons (Fsp3) is 0.652. The number of carbonyl (C=O) groups is 1. The van der Waals surface area contributed by atoms with Gasteiger partial charge in [0.1, 0.15) is 0 Å². The first-order chi connectivity index (χ1) is 13.7. The summed E-state index contributed by atoms with van der Waals surface area (Å²) in [6.07, 6.45) is 7.58. The summed E-state index contributed by atoms with van der Waals surface area (Å²) in [6.45, 7) is 8.04. The van der Waals surface area contributed by atoms with E-state index in [9.17, 15) is 4.79 Å². The van der Waals surface area contributed by atoms with Crippen molar-refractivity contribution in [1.82, 2.24) is 5.01 Å². The molecule has 0 bridgehead atoms. The summed E-state index contributed by atoms with van der Waals surface area (Å²) in [4.78, 5) is 13.0. The van der Waals surface area contributed by atoms with Crippen LogP contribution in [0.4, 0.5) is 0 Å². The third-order valence-electron chi connectivity index (χ3n) is 5.73. The van der Waals surface area contributed by atoms with Crippen molar-refractivity contribution in [2.75, 3.05) is 19.8 Å². The van der Waals surface area contributed by atoms with Crippen LogP contribution in [0.3, 0.4) is 0 Å². The predicted octanol–water partition coefficient (Wildman–Crippen LogP) is 5.03. The molecule has 5 heteroatoms. The van der Waals surface area contributed by atoms with Crippen molar-refractivity contribution in [3.63, 3.8) is 0 Å². The summed E-state index contributed by atoms with van der Waals surface area (Å²) >= 11 is 0. The SMILES string of the molecule is CCCCCN1N=C(c2ccc(OCC)c(OCC)c2)C2CCCCC2C1=O. The van der Waals surface area contributed by atoms with Gasteiger partial charge >= 0.3 is 0 Å². The lowest BCUT2D eigenvalue weighted by molar-refractivity contribution is -0.139. The first-order valence-electron chi connectivity index (χ1n) is 11.0. The van der Waals surface area contributed by atoms with E-state index in [1.807, 2.05) is 26.0 Å². The van der Waals surface area contributed by atoms with Crippen molar-refractivity contribution in [3.05, 3.63) is 23.8 Å².